The Labute approximate surface area is 144 Å². The number of nitrogens with zero attached hydrogens (tertiary/aromatic N) is 3. The van der Waals surface area contributed by atoms with Gasteiger partial charge in [0.2, 0.25) is 5.78 Å². The molecule has 0 saturated heterocycles. The fourth-order valence-corrected chi connectivity index (χ4v) is 3.02. The average molecular weight is 331 g/mol. The molecule has 4 rings (SSSR count). The molecule has 124 valence electrons. The van der Waals surface area contributed by atoms with Gasteiger partial charge in [-0.15, -0.1) is 0 Å². The molecule has 0 atom stereocenters. The van der Waals surface area contributed by atoms with Gasteiger partial charge in [0.05, 0.1) is 11.4 Å². The fourth-order valence-electron chi connectivity index (χ4n) is 3.02. The summed E-state index contributed by atoms with van der Waals surface area (Å²) in [4.78, 5) is 17.5. The number of imidazole rings is 1. The summed E-state index contributed by atoms with van der Waals surface area (Å²) in [7, 11) is 1.90. The molecular formula is C20H17N3O2. The van der Waals surface area contributed by atoms with Crippen LogP contribution in [0.4, 0.5) is 0 Å². The molecule has 0 aliphatic rings. The number of aromatic nitrogens is 3. The summed E-state index contributed by atoms with van der Waals surface area (Å²) in [6, 6.07) is 18.2. The third-order valence-corrected chi connectivity index (χ3v) is 4.43. The molecule has 4 aromatic rings. The molecule has 25 heavy (non-hydrogen) atoms. The van der Waals surface area contributed by atoms with E-state index in [0.29, 0.717) is 11.5 Å². The van der Waals surface area contributed by atoms with Crippen LogP contribution in [0.25, 0.3) is 28.3 Å². The SMILES string of the molecule is Cc1cc(=O)n2c(-c3ccccc3)c(-c3ccc(O)cc3)nc2n1C. The summed E-state index contributed by atoms with van der Waals surface area (Å²) >= 11 is 0. The topological polar surface area (TPSA) is 59.5 Å². The highest BCUT2D eigenvalue weighted by atomic mass is 16.3. The van der Waals surface area contributed by atoms with Crippen molar-refractivity contribution in [2.75, 3.05) is 0 Å². The quantitative estimate of drug-likeness (QED) is 0.612. The van der Waals surface area contributed by atoms with Gasteiger partial charge >= 0.3 is 0 Å². The van der Waals surface area contributed by atoms with Gasteiger partial charge in [-0.3, -0.25) is 4.79 Å². The molecule has 0 aliphatic heterocycles. The molecule has 5 heteroatoms. The number of fused-ring (bicyclic) bond motifs is 1. The van der Waals surface area contributed by atoms with E-state index in [0.717, 1.165) is 22.5 Å². The van der Waals surface area contributed by atoms with Gasteiger partial charge in [0.1, 0.15) is 5.75 Å². The molecule has 0 fully saturated rings. The van der Waals surface area contributed by atoms with E-state index in [1.807, 2.05) is 48.9 Å². The Morgan fingerprint density at radius 2 is 1.64 bits per heavy atom. The van der Waals surface area contributed by atoms with Gasteiger partial charge in [-0.25, -0.2) is 9.38 Å². The molecule has 2 aromatic heterocycles. The Morgan fingerprint density at radius 1 is 0.960 bits per heavy atom. The third-order valence-electron chi connectivity index (χ3n) is 4.43. The molecule has 0 amide bonds. The smallest absolute Gasteiger partial charge is 0.259 e. The highest BCUT2D eigenvalue weighted by Gasteiger charge is 2.19. The number of phenolic OH excluding ortho intramolecular Hbond substituents is 1. The van der Waals surface area contributed by atoms with Gasteiger partial charge in [-0.2, -0.15) is 0 Å². The van der Waals surface area contributed by atoms with E-state index < -0.39 is 0 Å². The molecule has 0 saturated carbocycles. The molecular weight excluding hydrogens is 314 g/mol. The van der Waals surface area contributed by atoms with Gasteiger partial charge in [-0.05, 0) is 31.2 Å². The Kier molecular flexibility index (Phi) is 3.42. The number of aryl methyl sites for hydroxylation is 2. The van der Waals surface area contributed by atoms with Crippen molar-refractivity contribution in [3.8, 4) is 28.3 Å². The summed E-state index contributed by atoms with van der Waals surface area (Å²) < 4.78 is 3.54. The van der Waals surface area contributed by atoms with Crippen molar-refractivity contribution in [3.63, 3.8) is 0 Å². The molecule has 5 nitrogen and oxygen atoms in total. The standard InChI is InChI=1S/C20H17N3O2/c1-13-12-17(25)23-19(15-6-4-3-5-7-15)18(21-20(23)22(13)2)14-8-10-16(24)11-9-14/h3-12,24H,1-2H3. The molecule has 0 aliphatic carbocycles. The first kappa shape index (κ1) is 15.2. The van der Waals surface area contributed by atoms with E-state index in [-0.39, 0.29) is 11.3 Å². The lowest BCUT2D eigenvalue weighted by Gasteiger charge is -2.08. The minimum absolute atomic E-state index is 0.109. The molecule has 0 unspecified atom stereocenters. The van der Waals surface area contributed by atoms with Crippen LogP contribution in [-0.4, -0.2) is 19.1 Å². The largest absolute Gasteiger partial charge is 0.508 e. The van der Waals surface area contributed by atoms with Crippen LogP contribution >= 0.6 is 0 Å². The van der Waals surface area contributed by atoms with Crippen LogP contribution in [0.2, 0.25) is 0 Å². The highest BCUT2D eigenvalue weighted by Crippen LogP contribution is 2.32. The Balaban J connectivity index is 2.15. The summed E-state index contributed by atoms with van der Waals surface area (Å²) in [6.07, 6.45) is 0. The van der Waals surface area contributed by atoms with Crippen LogP contribution in [0, 0.1) is 6.92 Å². The minimum Gasteiger partial charge on any atom is -0.508 e. The lowest BCUT2D eigenvalue weighted by Crippen LogP contribution is -2.18. The Bertz CT molecular complexity index is 1120. The third kappa shape index (κ3) is 2.41. The monoisotopic (exact) mass is 331 g/mol. The van der Waals surface area contributed by atoms with E-state index in [1.54, 1.807) is 34.7 Å². The maximum Gasteiger partial charge on any atom is 0.259 e. The molecule has 2 heterocycles. The zero-order valence-corrected chi connectivity index (χ0v) is 14.0. The van der Waals surface area contributed by atoms with Gasteiger partial charge < -0.3 is 9.67 Å². The van der Waals surface area contributed by atoms with Crippen molar-refractivity contribution < 1.29 is 5.11 Å². The van der Waals surface area contributed by atoms with E-state index in [4.69, 9.17) is 4.98 Å². The molecule has 2 aromatic carbocycles. The van der Waals surface area contributed by atoms with Gasteiger partial charge in [0.15, 0.2) is 0 Å². The van der Waals surface area contributed by atoms with E-state index >= 15 is 0 Å². The number of hydrogen-bond donors (Lipinski definition) is 1. The van der Waals surface area contributed by atoms with Crippen LogP contribution in [0.15, 0.2) is 65.5 Å². The van der Waals surface area contributed by atoms with Crippen LogP contribution < -0.4 is 5.56 Å². The molecule has 1 N–H and O–H groups in total. The van der Waals surface area contributed by atoms with Crippen LogP contribution in [-0.2, 0) is 7.05 Å². The van der Waals surface area contributed by atoms with Crippen molar-refractivity contribution in [3.05, 3.63) is 76.7 Å². The van der Waals surface area contributed by atoms with Crippen LogP contribution in [0.5, 0.6) is 5.75 Å². The number of phenols is 1. The lowest BCUT2D eigenvalue weighted by molar-refractivity contribution is 0.475. The zero-order valence-electron chi connectivity index (χ0n) is 14.0. The van der Waals surface area contributed by atoms with Crippen LogP contribution in [0.3, 0.4) is 0 Å². The summed E-state index contributed by atoms with van der Waals surface area (Å²) in [6.45, 7) is 1.89. The second kappa shape index (κ2) is 5.63. The highest BCUT2D eigenvalue weighted by molar-refractivity contribution is 5.81. The van der Waals surface area contributed by atoms with Crippen molar-refractivity contribution in [1.29, 1.82) is 0 Å². The first-order valence-corrected chi connectivity index (χ1v) is 8.00. The van der Waals surface area contributed by atoms with Gasteiger partial charge in [-0.1, -0.05) is 30.3 Å². The van der Waals surface area contributed by atoms with Crippen molar-refractivity contribution in [2.24, 2.45) is 7.05 Å². The van der Waals surface area contributed by atoms with Crippen molar-refractivity contribution in [1.82, 2.24) is 14.0 Å². The average Bonchev–Trinajstić information content (AvgIpc) is 3.02. The maximum atomic E-state index is 12.7. The first-order valence-electron chi connectivity index (χ1n) is 8.00. The Hall–Kier alpha value is -3.34. The van der Waals surface area contributed by atoms with E-state index in [9.17, 15) is 9.90 Å². The maximum absolute atomic E-state index is 12.7. The second-order valence-electron chi connectivity index (χ2n) is 6.04. The van der Waals surface area contributed by atoms with Crippen molar-refractivity contribution in [2.45, 2.75) is 6.92 Å². The minimum atomic E-state index is -0.109. The van der Waals surface area contributed by atoms with Crippen molar-refractivity contribution >= 4 is 5.78 Å². The number of benzene rings is 2. The number of aromatic hydroxyl groups is 1. The molecule has 0 bridgehead atoms. The number of rotatable bonds is 2. The summed E-state index contributed by atoms with van der Waals surface area (Å²) in [5.41, 5.74) is 3.96. The zero-order chi connectivity index (χ0) is 17.6. The first-order chi connectivity index (χ1) is 12.1. The van der Waals surface area contributed by atoms with E-state index in [2.05, 4.69) is 0 Å². The predicted octanol–water partition coefficient (Wildman–Crippen LogP) is 3.38. The summed E-state index contributed by atoms with van der Waals surface area (Å²) in [5, 5.41) is 9.57. The lowest BCUT2D eigenvalue weighted by atomic mass is 10.0. The van der Waals surface area contributed by atoms with Gasteiger partial charge in [0.25, 0.3) is 5.56 Å². The normalized spacial score (nSPS) is 11.1. The van der Waals surface area contributed by atoms with E-state index in [1.165, 1.54) is 0 Å². The van der Waals surface area contributed by atoms with Gasteiger partial charge in [0, 0.05) is 29.9 Å². The molecule has 0 radical (unpaired) electrons. The Morgan fingerprint density at radius 3 is 2.32 bits per heavy atom. The molecule has 0 spiro atoms. The number of hydrogen-bond acceptors (Lipinski definition) is 3. The summed E-state index contributed by atoms with van der Waals surface area (Å²) in [5.74, 6) is 0.784. The van der Waals surface area contributed by atoms with Crippen LogP contribution in [0.1, 0.15) is 5.69 Å². The second-order valence-corrected chi connectivity index (χ2v) is 6.04. The fraction of sp³-hybridized carbons (Fsp3) is 0.100. The predicted molar refractivity (Wildman–Crippen MR) is 97.7 cm³/mol.